The van der Waals surface area contributed by atoms with Gasteiger partial charge in [0.15, 0.2) is 0 Å². The van der Waals surface area contributed by atoms with Crippen LogP contribution in [0, 0.1) is 17.3 Å². The number of allylic oxidation sites excluding steroid dienone is 10. The number of amides is 4. The summed E-state index contributed by atoms with van der Waals surface area (Å²) in [5.41, 5.74) is 2.14. The van der Waals surface area contributed by atoms with Gasteiger partial charge >= 0.3 is 12.0 Å². The molecular weight excluding hydrogens is 849 g/mol. The third-order valence-corrected chi connectivity index (χ3v) is 13.2. The number of hydrogen-bond donors (Lipinski definition) is 5. The van der Waals surface area contributed by atoms with E-state index in [1.54, 1.807) is 13.0 Å². The van der Waals surface area contributed by atoms with Crippen LogP contribution in [-0.4, -0.2) is 130 Å². The van der Waals surface area contributed by atoms with Crippen molar-refractivity contribution in [2.24, 2.45) is 17.3 Å². The number of fused-ring (bicyclic) bond motifs is 1. The normalized spacial score (nSPS) is 27.7. The van der Waals surface area contributed by atoms with Crippen molar-refractivity contribution < 1.29 is 48.0 Å². The second-order valence-corrected chi connectivity index (χ2v) is 19.3. The van der Waals surface area contributed by atoms with Gasteiger partial charge in [-0.1, -0.05) is 99.9 Å². The fraction of sp³-hybridized carbons (Fsp3) is 0.680. The number of urea groups is 1. The minimum Gasteiger partial charge on any atom is -0.458 e. The van der Waals surface area contributed by atoms with Gasteiger partial charge < -0.3 is 50.1 Å². The highest BCUT2D eigenvalue weighted by Crippen LogP contribution is 2.33. The predicted octanol–water partition coefficient (Wildman–Crippen LogP) is 6.66. The van der Waals surface area contributed by atoms with Gasteiger partial charge in [0.05, 0.1) is 77.1 Å². The first-order chi connectivity index (χ1) is 31.1. The molecule has 2 saturated heterocycles. The van der Waals surface area contributed by atoms with Crippen LogP contribution < -0.4 is 21.3 Å². The van der Waals surface area contributed by atoms with E-state index < -0.39 is 30.1 Å². The van der Waals surface area contributed by atoms with Gasteiger partial charge in [0.2, 0.25) is 11.8 Å². The molecule has 15 heteroatoms. The molecule has 2 fully saturated rings. The molecule has 4 amide bonds. The number of nitrogens with one attached hydrogen (secondary N) is 4. The van der Waals surface area contributed by atoms with Gasteiger partial charge in [-0.15, -0.1) is 0 Å². The molecule has 3 rings (SSSR count). The summed E-state index contributed by atoms with van der Waals surface area (Å²) in [5.74, 6) is -0.522. The fourth-order valence-electron chi connectivity index (χ4n) is 7.66. The van der Waals surface area contributed by atoms with Crippen molar-refractivity contribution in [1.82, 2.24) is 21.3 Å². The largest absolute Gasteiger partial charge is 0.458 e. The highest BCUT2D eigenvalue weighted by molar-refractivity contribution is 8.00. The number of aliphatic hydroxyl groups is 1. The van der Waals surface area contributed by atoms with Crippen LogP contribution in [-0.2, 0) is 38.1 Å². The first-order valence-corrected chi connectivity index (χ1v) is 24.7. The van der Waals surface area contributed by atoms with Crippen LogP contribution in [0.2, 0.25) is 0 Å². The number of unbranched alkanes of at least 4 members (excludes halogenated alkanes) is 1. The Morgan fingerprint density at radius 1 is 0.892 bits per heavy atom. The maximum absolute atomic E-state index is 13.1. The van der Waals surface area contributed by atoms with Crippen molar-refractivity contribution in [1.29, 1.82) is 0 Å². The van der Waals surface area contributed by atoms with Crippen molar-refractivity contribution in [2.45, 2.75) is 135 Å². The molecule has 0 aromatic heterocycles. The summed E-state index contributed by atoms with van der Waals surface area (Å²) in [7, 11) is 0. The molecular formula is C50H80N4O10S. The molecule has 65 heavy (non-hydrogen) atoms. The van der Waals surface area contributed by atoms with Gasteiger partial charge in [0.1, 0.15) is 6.10 Å². The smallest absolute Gasteiger partial charge is 0.331 e. The molecule has 0 aromatic rings. The lowest BCUT2D eigenvalue weighted by Gasteiger charge is -2.33. The minimum absolute atomic E-state index is 0.0196. The molecule has 366 valence electrons. The number of carbonyl (C=O) groups is 4. The molecule has 3 aliphatic rings. The van der Waals surface area contributed by atoms with Gasteiger partial charge in [0, 0.05) is 48.3 Å². The van der Waals surface area contributed by atoms with Gasteiger partial charge in [-0.25, -0.2) is 9.59 Å². The first kappa shape index (κ1) is 55.6. The molecule has 3 aliphatic heterocycles. The summed E-state index contributed by atoms with van der Waals surface area (Å²) in [6, 6.07) is -0.246. The van der Waals surface area contributed by atoms with Crippen LogP contribution in [0.4, 0.5) is 4.79 Å². The predicted molar refractivity (Wildman–Crippen MR) is 258 cm³/mol. The number of rotatable bonds is 24. The maximum Gasteiger partial charge on any atom is 0.331 e. The van der Waals surface area contributed by atoms with Gasteiger partial charge in [-0.3, -0.25) is 9.59 Å². The molecule has 3 heterocycles. The van der Waals surface area contributed by atoms with E-state index in [0.717, 1.165) is 55.4 Å². The highest BCUT2D eigenvalue weighted by Gasteiger charge is 2.42. The summed E-state index contributed by atoms with van der Waals surface area (Å²) in [6.07, 6.45) is 24.4. The lowest BCUT2D eigenvalue weighted by atomic mass is 9.86. The van der Waals surface area contributed by atoms with E-state index in [0.29, 0.717) is 64.5 Å². The summed E-state index contributed by atoms with van der Waals surface area (Å²) < 4.78 is 28.2. The topological polar surface area (TPSA) is 183 Å². The SMILES string of the molecule is CC1=C/C=C\C(=O)O[C@@H]([C@H](C)[C@H](O)[C@@H](C)NC(=O)CCOCCOCCOCCOCCNC(=O)CCCC[C@@H]2SC[C@@H]3NC(=O)N[C@@H]32)[C@H](C)/C=C\C(C)=C/C/C=C\CCC(C)(C)/C=C\1. The van der Waals surface area contributed by atoms with E-state index in [1.807, 2.05) is 57.7 Å². The average Bonchev–Trinajstić information content (AvgIpc) is 3.83. The van der Waals surface area contributed by atoms with E-state index >= 15 is 0 Å². The Morgan fingerprint density at radius 3 is 2.31 bits per heavy atom. The summed E-state index contributed by atoms with van der Waals surface area (Å²) in [4.78, 5) is 49.5. The molecule has 8 atom stereocenters. The number of thioether (sulfide) groups is 1. The van der Waals surface area contributed by atoms with Gasteiger partial charge in [-0.2, -0.15) is 11.8 Å². The van der Waals surface area contributed by atoms with E-state index in [2.05, 4.69) is 65.5 Å². The second kappa shape index (κ2) is 31.3. The molecule has 0 unspecified atom stereocenters. The van der Waals surface area contributed by atoms with E-state index in [9.17, 15) is 24.3 Å². The Hall–Kier alpha value is -3.73. The maximum atomic E-state index is 13.1. The molecule has 5 N–H and O–H groups in total. The fourth-order valence-corrected chi connectivity index (χ4v) is 9.20. The third kappa shape index (κ3) is 23.5. The lowest BCUT2D eigenvalue weighted by molar-refractivity contribution is -0.151. The number of ether oxygens (including phenoxy) is 5. The quantitative estimate of drug-likeness (QED) is 0.0302. The summed E-state index contributed by atoms with van der Waals surface area (Å²) in [6.45, 7) is 17.3. The third-order valence-electron chi connectivity index (χ3n) is 11.7. The Balaban J connectivity index is 1.24. The van der Waals surface area contributed by atoms with Crippen molar-refractivity contribution in [3.63, 3.8) is 0 Å². The Bertz CT molecular complexity index is 1640. The van der Waals surface area contributed by atoms with Crippen LogP contribution in [0.25, 0.3) is 0 Å². The Morgan fingerprint density at radius 2 is 1.58 bits per heavy atom. The zero-order chi connectivity index (χ0) is 47.5. The number of aliphatic hydroxyl groups excluding tert-OH is 1. The zero-order valence-electron chi connectivity index (χ0n) is 40.1. The van der Waals surface area contributed by atoms with E-state index in [-0.39, 0.29) is 54.3 Å². The molecule has 0 spiro atoms. The zero-order valence-corrected chi connectivity index (χ0v) is 41.0. The van der Waals surface area contributed by atoms with Crippen LogP contribution in [0.5, 0.6) is 0 Å². The molecule has 14 nitrogen and oxygen atoms in total. The first-order valence-electron chi connectivity index (χ1n) is 23.6. The van der Waals surface area contributed by atoms with Crippen molar-refractivity contribution in [3.8, 4) is 0 Å². The molecule has 0 saturated carbocycles. The Labute approximate surface area is 393 Å². The van der Waals surface area contributed by atoms with Crippen molar-refractivity contribution >= 4 is 35.6 Å². The number of carbonyl (C=O) groups excluding carboxylic acids is 4. The number of hydrogen-bond acceptors (Lipinski definition) is 11. The monoisotopic (exact) mass is 929 g/mol. The van der Waals surface area contributed by atoms with Crippen molar-refractivity contribution in [2.75, 3.05) is 65.2 Å². The van der Waals surface area contributed by atoms with E-state index in [4.69, 9.17) is 23.7 Å². The lowest BCUT2D eigenvalue weighted by Crippen LogP contribution is -2.48. The molecule has 0 aromatic carbocycles. The van der Waals surface area contributed by atoms with Gasteiger partial charge in [-0.05, 0) is 58.3 Å². The number of cyclic esters (lactones) is 1. The number of esters is 1. The van der Waals surface area contributed by atoms with Crippen LogP contribution in [0.15, 0.2) is 71.9 Å². The molecule has 0 radical (unpaired) electrons. The van der Waals surface area contributed by atoms with Crippen molar-refractivity contribution in [3.05, 3.63) is 71.9 Å². The Kier molecular flexibility index (Phi) is 26.8. The summed E-state index contributed by atoms with van der Waals surface area (Å²) in [5, 5.41) is 23.5. The van der Waals surface area contributed by atoms with Gasteiger partial charge in [0.25, 0.3) is 0 Å². The summed E-state index contributed by atoms with van der Waals surface area (Å²) >= 11 is 1.89. The van der Waals surface area contributed by atoms with Crippen LogP contribution >= 0.6 is 11.8 Å². The van der Waals surface area contributed by atoms with Crippen LogP contribution in [0.3, 0.4) is 0 Å². The standard InChI is InChI=1S/C50H80N4O10S/c1-36-15-10-8-9-13-24-50(6,7)25-22-37(2)16-14-19-45(57)64-48(38(3)21-20-36)39(4)47(58)40(5)52-44(56)23-27-60-29-31-62-33-34-63-32-30-61-28-26-51-43(55)18-12-11-17-42-46-41(35-65-42)53-49(59)54-46/h8-9,14-16,19-22,25,38-42,46-48,58H,10-13,17-18,23-24,26-35H2,1-7H3,(H,51,55)(H,52,56)(H2,53,54,59)/b9-8-,19-14-,21-20-,25-22-,36-15-,37-16-/t38-,39-,40-,41+,42+,46+,47+,48-/m1/s1. The minimum atomic E-state index is -0.991. The average molecular weight is 929 g/mol. The highest BCUT2D eigenvalue weighted by atomic mass is 32.2. The van der Waals surface area contributed by atoms with Crippen LogP contribution in [0.1, 0.15) is 99.8 Å². The molecule has 0 bridgehead atoms. The van der Waals surface area contributed by atoms with E-state index in [1.165, 1.54) is 6.08 Å². The molecule has 0 aliphatic carbocycles. The second-order valence-electron chi connectivity index (χ2n) is 18.0.